The molecule has 0 saturated heterocycles. The Morgan fingerprint density at radius 3 is 2.44 bits per heavy atom. The minimum atomic E-state index is -0.176. The molecule has 1 fully saturated rings. The van der Waals surface area contributed by atoms with E-state index in [0.29, 0.717) is 36.0 Å². The van der Waals surface area contributed by atoms with Crippen molar-refractivity contribution in [1.82, 2.24) is 10.6 Å². The molecule has 27 heavy (non-hydrogen) atoms. The predicted octanol–water partition coefficient (Wildman–Crippen LogP) is 2.32. The molecule has 0 atom stereocenters. The minimum Gasteiger partial charge on any atom is -0.484 e. The lowest BCUT2D eigenvalue weighted by Crippen LogP contribution is -2.30. The molecule has 6 nitrogen and oxygen atoms in total. The van der Waals surface area contributed by atoms with E-state index >= 15 is 0 Å². The summed E-state index contributed by atoms with van der Waals surface area (Å²) in [6, 6.07) is 14.9. The summed E-state index contributed by atoms with van der Waals surface area (Å²) in [5.41, 5.74) is 7.82. The second kappa shape index (κ2) is 9.83. The van der Waals surface area contributed by atoms with E-state index in [4.69, 9.17) is 10.5 Å². The molecule has 0 heterocycles. The van der Waals surface area contributed by atoms with Crippen LogP contribution in [-0.2, 0) is 11.2 Å². The molecule has 7 heteroatoms. The Hall–Kier alpha value is -2.73. The van der Waals surface area contributed by atoms with E-state index < -0.39 is 0 Å². The second-order valence-electron chi connectivity index (χ2n) is 6.37. The van der Waals surface area contributed by atoms with Crippen LogP contribution in [0.2, 0.25) is 0 Å². The molecule has 144 valence electrons. The number of carbonyl (C=O) groups is 2. The average molecular weight is 390 g/mol. The molecule has 0 radical (unpaired) electrons. The third-order valence-corrected chi connectivity index (χ3v) is 4.14. The molecular formula is C20H24ClN3O3. The van der Waals surface area contributed by atoms with Crippen LogP contribution in [0.3, 0.4) is 0 Å². The molecule has 0 bridgehead atoms. The molecule has 2 aromatic rings. The van der Waals surface area contributed by atoms with Gasteiger partial charge in [-0.15, -0.1) is 12.4 Å². The second-order valence-corrected chi connectivity index (χ2v) is 6.37. The standard InChI is InChI=1S/C20H23N3O3.ClH/c21-18-4-2-1-3-17(18)20(25)22-12-11-14-5-9-16(10-6-14)26-13-19(24)23-15-7-8-15;/h1-6,9-10,15H,7-8,11-13,21H2,(H,22,25)(H,23,24);1H. The van der Waals surface area contributed by atoms with Gasteiger partial charge in [-0.1, -0.05) is 24.3 Å². The Labute approximate surface area is 164 Å². The van der Waals surface area contributed by atoms with Crippen molar-refractivity contribution in [3.05, 3.63) is 59.7 Å². The molecule has 1 aliphatic carbocycles. The minimum absolute atomic E-state index is 0. The van der Waals surface area contributed by atoms with Gasteiger partial charge in [0.05, 0.1) is 5.56 Å². The number of nitrogens with one attached hydrogen (secondary N) is 2. The summed E-state index contributed by atoms with van der Waals surface area (Å²) in [7, 11) is 0. The number of carbonyl (C=O) groups excluding carboxylic acids is 2. The lowest BCUT2D eigenvalue weighted by atomic mass is 10.1. The van der Waals surface area contributed by atoms with Crippen molar-refractivity contribution in [2.45, 2.75) is 25.3 Å². The van der Waals surface area contributed by atoms with Gasteiger partial charge in [-0.05, 0) is 49.1 Å². The number of para-hydroxylation sites is 1. The van der Waals surface area contributed by atoms with E-state index in [0.717, 1.165) is 18.4 Å². The first-order valence-electron chi connectivity index (χ1n) is 8.75. The number of benzene rings is 2. The van der Waals surface area contributed by atoms with Crippen LogP contribution >= 0.6 is 12.4 Å². The van der Waals surface area contributed by atoms with Crippen LogP contribution in [0, 0.1) is 0 Å². The maximum atomic E-state index is 12.1. The summed E-state index contributed by atoms with van der Waals surface area (Å²) < 4.78 is 5.47. The highest BCUT2D eigenvalue weighted by molar-refractivity contribution is 5.99. The summed E-state index contributed by atoms with van der Waals surface area (Å²) in [5, 5.41) is 5.74. The lowest BCUT2D eigenvalue weighted by molar-refractivity contribution is -0.123. The molecule has 0 aliphatic heterocycles. The Morgan fingerprint density at radius 1 is 1.07 bits per heavy atom. The highest BCUT2D eigenvalue weighted by Crippen LogP contribution is 2.18. The number of hydrogen-bond acceptors (Lipinski definition) is 4. The maximum Gasteiger partial charge on any atom is 0.258 e. The van der Waals surface area contributed by atoms with Crippen molar-refractivity contribution < 1.29 is 14.3 Å². The number of rotatable bonds is 8. The fourth-order valence-electron chi connectivity index (χ4n) is 2.52. The maximum absolute atomic E-state index is 12.1. The fraction of sp³-hybridized carbons (Fsp3) is 0.300. The Bertz CT molecular complexity index is 776. The number of nitrogen functional groups attached to an aromatic ring is 1. The van der Waals surface area contributed by atoms with Gasteiger partial charge < -0.3 is 21.1 Å². The van der Waals surface area contributed by atoms with Gasteiger partial charge in [0, 0.05) is 18.3 Å². The molecule has 1 aliphatic rings. The Kier molecular flexibility index (Phi) is 7.49. The van der Waals surface area contributed by atoms with Crippen molar-refractivity contribution in [1.29, 1.82) is 0 Å². The van der Waals surface area contributed by atoms with Crippen LogP contribution in [0.5, 0.6) is 5.75 Å². The first-order chi connectivity index (χ1) is 12.6. The summed E-state index contributed by atoms with van der Waals surface area (Å²) in [6.07, 6.45) is 2.82. The van der Waals surface area contributed by atoms with Crippen molar-refractivity contribution in [2.24, 2.45) is 0 Å². The molecule has 2 amide bonds. The number of hydrogen-bond donors (Lipinski definition) is 3. The molecule has 3 rings (SSSR count). The monoisotopic (exact) mass is 389 g/mol. The van der Waals surface area contributed by atoms with E-state index in [-0.39, 0.29) is 30.8 Å². The quantitative estimate of drug-likeness (QED) is 0.604. The van der Waals surface area contributed by atoms with E-state index in [9.17, 15) is 9.59 Å². The highest BCUT2D eigenvalue weighted by Gasteiger charge is 2.23. The summed E-state index contributed by atoms with van der Waals surface area (Å²) in [6.45, 7) is 0.543. The molecule has 4 N–H and O–H groups in total. The van der Waals surface area contributed by atoms with Gasteiger partial charge in [0.1, 0.15) is 5.75 Å². The first-order valence-corrected chi connectivity index (χ1v) is 8.75. The Morgan fingerprint density at radius 2 is 1.78 bits per heavy atom. The SMILES string of the molecule is Cl.Nc1ccccc1C(=O)NCCc1ccc(OCC(=O)NC2CC2)cc1. The van der Waals surface area contributed by atoms with Gasteiger partial charge in [-0.25, -0.2) is 0 Å². The molecular weight excluding hydrogens is 366 g/mol. The van der Waals surface area contributed by atoms with Crippen LogP contribution in [0.15, 0.2) is 48.5 Å². The van der Waals surface area contributed by atoms with Gasteiger partial charge in [0.25, 0.3) is 11.8 Å². The van der Waals surface area contributed by atoms with Gasteiger partial charge in [-0.2, -0.15) is 0 Å². The van der Waals surface area contributed by atoms with Crippen LogP contribution in [0.25, 0.3) is 0 Å². The molecule has 2 aromatic carbocycles. The van der Waals surface area contributed by atoms with E-state index in [2.05, 4.69) is 10.6 Å². The predicted molar refractivity (Wildman–Crippen MR) is 107 cm³/mol. The molecule has 0 unspecified atom stereocenters. The summed E-state index contributed by atoms with van der Waals surface area (Å²) in [4.78, 5) is 23.7. The zero-order valence-electron chi connectivity index (χ0n) is 14.9. The van der Waals surface area contributed by atoms with Crippen molar-refractivity contribution in [2.75, 3.05) is 18.9 Å². The number of ether oxygens (including phenoxy) is 1. The zero-order valence-corrected chi connectivity index (χ0v) is 15.8. The van der Waals surface area contributed by atoms with Crippen LogP contribution < -0.4 is 21.1 Å². The normalized spacial score (nSPS) is 12.6. The van der Waals surface area contributed by atoms with E-state index in [1.165, 1.54) is 0 Å². The molecule has 0 aromatic heterocycles. The molecule has 1 saturated carbocycles. The summed E-state index contributed by atoms with van der Waals surface area (Å²) >= 11 is 0. The zero-order chi connectivity index (χ0) is 18.4. The topological polar surface area (TPSA) is 93.5 Å². The molecule has 0 spiro atoms. The third kappa shape index (κ3) is 6.49. The first kappa shape index (κ1) is 20.6. The average Bonchev–Trinajstić information content (AvgIpc) is 3.45. The van der Waals surface area contributed by atoms with Gasteiger partial charge in [0.15, 0.2) is 6.61 Å². The Balaban J connectivity index is 0.00000261. The van der Waals surface area contributed by atoms with E-state index in [1.54, 1.807) is 24.3 Å². The van der Waals surface area contributed by atoms with Crippen molar-refractivity contribution in [3.63, 3.8) is 0 Å². The van der Waals surface area contributed by atoms with Crippen LogP contribution in [0.4, 0.5) is 5.69 Å². The summed E-state index contributed by atoms with van der Waals surface area (Å²) in [5.74, 6) is 0.394. The number of halogens is 1. The van der Waals surface area contributed by atoms with Crippen molar-refractivity contribution >= 4 is 29.9 Å². The number of anilines is 1. The largest absolute Gasteiger partial charge is 0.484 e. The van der Waals surface area contributed by atoms with Crippen molar-refractivity contribution in [3.8, 4) is 5.75 Å². The smallest absolute Gasteiger partial charge is 0.258 e. The van der Waals surface area contributed by atoms with E-state index in [1.807, 2.05) is 24.3 Å². The fourth-order valence-corrected chi connectivity index (χ4v) is 2.52. The van der Waals surface area contributed by atoms with Crippen LogP contribution in [0.1, 0.15) is 28.8 Å². The highest BCUT2D eigenvalue weighted by atomic mass is 35.5. The number of nitrogens with two attached hydrogens (primary N) is 1. The number of amides is 2. The van der Waals surface area contributed by atoms with Gasteiger partial charge in [0.2, 0.25) is 0 Å². The third-order valence-electron chi connectivity index (χ3n) is 4.14. The van der Waals surface area contributed by atoms with Gasteiger partial charge >= 0.3 is 0 Å². The van der Waals surface area contributed by atoms with Crippen LogP contribution in [-0.4, -0.2) is 31.0 Å². The lowest BCUT2D eigenvalue weighted by Gasteiger charge is -2.09. The van der Waals surface area contributed by atoms with Gasteiger partial charge in [-0.3, -0.25) is 9.59 Å².